The van der Waals surface area contributed by atoms with Gasteiger partial charge in [-0.15, -0.1) is 0 Å². The van der Waals surface area contributed by atoms with E-state index < -0.39 is 5.51 Å². The van der Waals surface area contributed by atoms with Crippen molar-refractivity contribution >= 4 is 11.8 Å². The molecule has 21 heavy (non-hydrogen) atoms. The Kier molecular flexibility index (Phi) is 5.99. The largest absolute Gasteiger partial charge is 0.446 e. The highest BCUT2D eigenvalue weighted by atomic mass is 32.2. The van der Waals surface area contributed by atoms with E-state index in [9.17, 15) is 13.2 Å². The molecule has 1 saturated carbocycles. The normalized spacial score (nSPS) is 18.7. The van der Waals surface area contributed by atoms with Gasteiger partial charge in [-0.25, -0.2) is 0 Å². The first kappa shape index (κ1) is 16.7. The van der Waals surface area contributed by atoms with Crippen molar-refractivity contribution in [1.29, 1.82) is 0 Å². The van der Waals surface area contributed by atoms with Gasteiger partial charge in [0.05, 0.1) is 0 Å². The van der Waals surface area contributed by atoms with E-state index >= 15 is 0 Å². The van der Waals surface area contributed by atoms with Gasteiger partial charge in [0, 0.05) is 17.5 Å². The van der Waals surface area contributed by atoms with Crippen molar-refractivity contribution in [3.8, 4) is 0 Å². The molecule has 1 nitrogen and oxygen atoms in total. The Morgan fingerprint density at radius 1 is 1.14 bits per heavy atom. The Hall–Kier alpha value is -0.680. The number of hydrogen-bond donors (Lipinski definition) is 1. The predicted octanol–water partition coefficient (Wildman–Crippen LogP) is 5.36. The molecule has 0 bridgehead atoms. The number of nitrogens with one attached hydrogen (secondary N) is 1. The third-order valence-corrected chi connectivity index (χ3v) is 4.88. The molecular formula is C16H22F3NS. The van der Waals surface area contributed by atoms with Gasteiger partial charge in [-0.05, 0) is 55.1 Å². The summed E-state index contributed by atoms with van der Waals surface area (Å²) in [7, 11) is 0. The molecule has 1 fully saturated rings. The summed E-state index contributed by atoms with van der Waals surface area (Å²) in [6.45, 7) is 2.93. The highest BCUT2D eigenvalue weighted by Gasteiger charge is 2.29. The zero-order valence-electron chi connectivity index (χ0n) is 12.2. The van der Waals surface area contributed by atoms with E-state index in [0.717, 1.165) is 11.5 Å². The first-order valence-electron chi connectivity index (χ1n) is 7.52. The maximum absolute atomic E-state index is 12.3. The van der Waals surface area contributed by atoms with Gasteiger partial charge in [-0.1, -0.05) is 31.4 Å². The number of thioether (sulfide) groups is 1. The molecule has 2 rings (SSSR count). The third kappa shape index (κ3) is 5.91. The molecule has 1 N–H and O–H groups in total. The summed E-state index contributed by atoms with van der Waals surface area (Å²) in [5.41, 5.74) is -3.18. The highest BCUT2D eigenvalue weighted by Crippen LogP contribution is 2.36. The quantitative estimate of drug-likeness (QED) is 0.734. The maximum Gasteiger partial charge on any atom is 0.446 e. The van der Waals surface area contributed by atoms with Crippen LogP contribution in [0.5, 0.6) is 0 Å². The minimum Gasteiger partial charge on any atom is -0.310 e. The predicted molar refractivity (Wildman–Crippen MR) is 81.2 cm³/mol. The van der Waals surface area contributed by atoms with Crippen molar-refractivity contribution in [2.75, 3.05) is 0 Å². The van der Waals surface area contributed by atoms with Gasteiger partial charge in [-0.3, -0.25) is 0 Å². The van der Waals surface area contributed by atoms with Crippen LogP contribution in [0, 0.1) is 5.92 Å². The summed E-state index contributed by atoms with van der Waals surface area (Å²) in [6, 6.07) is 7.10. The number of rotatable bonds is 5. The molecule has 0 saturated heterocycles. The summed E-state index contributed by atoms with van der Waals surface area (Å²) in [4.78, 5) is 0.242. The zero-order chi connectivity index (χ0) is 15.3. The molecule has 0 amide bonds. The molecule has 1 aromatic carbocycles. The van der Waals surface area contributed by atoms with Crippen molar-refractivity contribution in [3.05, 3.63) is 29.8 Å². The molecular weight excluding hydrogens is 295 g/mol. The molecule has 1 atom stereocenters. The molecule has 5 heteroatoms. The lowest BCUT2D eigenvalue weighted by molar-refractivity contribution is -0.0328. The lowest BCUT2D eigenvalue weighted by atomic mass is 9.84. The number of alkyl halides is 3. The average Bonchev–Trinajstić information content (AvgIpc) is 2.45. The lowest BCUT2D eigenvalue weighted by Crippen LogP contribution is -2.34. The van der Waals surface area contributed by atoms with Crippen LogP contribution in [-0.2, 0) is 6.54 Å². The van der Waals surface area contributed by atoms with Crippen LogP contribution in [0.4, 0.5) is 13.2 Å². The minimum atomic E-state index is -4.21. The lowest BCUT2D eigenvalue weighted by Gasteiger charge is -2.28. The maximum atomic E-state index is 12.3. The van der Waals surface area contributed by atoms with E-state index in [4.69, 9.17) is 0 Å². The van der Waals surface area contributed by atoms with Crippen LogP contribution < -0.4 is 5.32 Å². The Balaban J connectivity index is 1.80. The van der Waals surface area contributed by atoms with E-state index in [1.54, 1.807) is 24.3 Å². The van der Waals surface area contributed by atoms with Crippen molar-refractivity contribution in [2.45, 2.75) is 62.0 Å². The Morgan fingerprint density at radius 3 is 2.33 bits per heavy atom. The summed E-state index contributed by atoms with van der Waals surface area (Å²) >= 11 is -0.0639. The van der Waals surface area contributed by atoms with Crippen LogP contribution in [0.2, 0.25) is 0 Å². The first-order valence-corrected chi connectivity index (χ1v) is 8.34. The van der Waals surface area contributed by atoms with E-state index in [0.29, 0.717) is 12.6 Å². The van der Waals surface area contributed by atoms with Gasteiger partial charge in [-0.2, -0.15) is 13.2 Å². The topological polar surface area (TPSA) is 12.0 Å². The van der Waals surface area contributed by atoms with Crippen LogP contribution >= 0.6 is 11.8 Å². The van der Waals surface area contributed by atoms with Crippen LogP contribution in [0.1, 0.15) is 44.6 Å². The molecule has 0 aliphatic heterocycles. The Morgan fingerprint density at radius 2 is 1.76 bits per heavy atom. The van der Waals surface area contributed by atoms with Crippen molar-refractivity contribution in [1.82, 2.24) is 5.32 Å². The van der Waals surface area contributed by atoms with Crippen molar-refractivity contribution in [3.63, 3.8) is 0 Å². The summed E-state index contributed by atoms with van der Waals surface area (Å²) < 4.78 is 36.8. The van der Waals surface area contributed by atoms with Gasteiger partial charge in [0.15, 0.2) is 0 Å². The Bertz CT molecular complexity index is 424. The third-order valence-electron chi connectivity index (χ3n) is 4.14. The van der Waals surface area contributed by atoms with Crippen molar-refractivity contribution in [2.24, 2.45) is 5.92 Å². The van der Waals surface area contributed by atoms with Gasteiger partial charge < -0.3 is 5.32 Å². The molecule has 118 valence electrons. The smallest absolute Gasteiger partial charge is 0.310 e. The van der Waals surface area contributed by atoms with Gasteiger partial charge >= 0.3 is 5.51 Å². The first-order chi connectivity index (χ1) is 9.94. The Labute approximate surface area is 128 Å². The molecule has 0 unspecified atom stereocenters. The molecule has 0 aromatic heterocycles. The van der Waals surface area contributed by atoms with E-state index in [-0.39, 0.29) is 16.7 Å². The molecule has 0 heterocycles. The fraction of sp³-hybridized carbons (Fsp3) is 0.625. The van der Waals surface area contributed by atoms with Crippen LogP contribution in [0.3, 0.4) is 0 Å². The second-order valence-corrected chi connectivity index (χ2v) is 6.90. The zero-order valence-corrected chi connectivity index (χ0v) is 13.1. The number of halogens is 3. The molecule has 0 spiro atoms. The molecule has 1 aromatic rings. The van der Waals surface area contributed by atoms with Crippen molar-refractivity contribution < 1.29 is 13.2 Å². The van der Waals surface area contributed by atoms with E-state index in [1.807, 2.05) is 0 Å². The summed E-state index contributed by atoms with van der Waals surface area (Å²) in [5.74, 6) is 0.735. The SMILES string of the molecule is C[C@@H](NCc1ccc(SC(F)(F)F)cc1)C1CCCCC1. The second kappa shape index (κ2) is 7.54. The van der Waals surface area contributed by atoms with Gasteiger partial charge in [0.25, 0.3) is 0 Å². The van der Waals surface area contributed by atoms with Gasteiger partial charge in [0.2, 0.25) is 0 Å². The fourth-order valence-corrected chi connectivity index (χ4v) is 3.43. The standard InChI is InChI=1S/C16H22F3NS/c1-12(14-5-3-2-4-6-14)20-11-13-7-9-15(10-8-13)21-16(17,18)19/h7-10,12,14,20H,2-6,11H2,1H3/t12-/m1/s1. The summed E-state index contributed by atoms with van der Waals surface area (Å²) in [6.07, 6.45) is 6.56. The molecule has 1 aliphatic rings. The molecule has 0 radical (unpaired) electrons. The van der Waals surface area contributed by atoms with Crippen LogP contribution in [0.15, 0.2) is 29.2 Å². The van der Waals surface area contributed by atoms with Gasteiger partial charge in [0.1, 0.15) is 0 Å². The summed E-state index contributed by atoms with van der Waals surface area (Å²) in [5, 5.41) is 3.51. The number of hydrogen-bond acceptors (Lipinski definition) is 2. The second-order valence-electron chi connectivity index (χ2n) is 5.76. The average molecular weight is 317 g/mol. The number of benzene rings is 1. The monoisotopic (exact) mass is 317 g/mol. The van der Waals surface area contributed by atoms with Crippen LogP contribution in [0.25, 0.3) is 0 Å². The van der Waals surface area contributed by atoms with E-state index in [1.165, 1.54) is 32.1 Å². The van der Waals surface area contributed by atoms with E-state index in [2.05, 4.69) is 12.2 Å². The van der Waals surface area contributed by atoms with Crippen LogP contribution in [-0.4, -0.2) is 11.6 Å². The fourth-order valence-electron chi connectivity index (χ4n) is 2.89. The highest BCUT2D eigenvalue weighted by molar-refractivity contribution is 8.00. The molecule has 1 aliphatic carbocycles. The minimum absolute atomic E-state index is 0.0639.